The first-order chi connectivity index (χ1) is 8.17. The molecule has 17 heavy (non-hydrogen) atoms. The predicted octanol–water partition coefficient (Wildman–Crippen LogP) is 5.68. The van der Waals surface area contributed by atoms with Gasteiger partial charge in [-0.15, -0.1) is 0 Å². The quantitative estimate of drug-likeness (QED) is 0.592. The lowest BCUT2D eigenvalue weighted by Crippen LogP contribution is -2.06. The standard InChI is InChI=1S/C16H25Br/c1-5-12(6-2)16(17)15-10-9-13(7-3)14(8-4)11-15/h9-12,16H,5-8H2,1-4H3. The fraction of sp³-hybridized carbons (Fsp3) is 0.625. The van der Waals surface area contributed by atoms with E-state index in [-0.39, 0.29) is 0 Å². The molecular weight excluding hydrogens is 272 g/mol. The second kappa shape index (κ2) is 7.20. The first-order valence-corrected chi connectivity index (χ1v) is 7.85. The van der Waals surface area contributed by atoms with E-state index in [1.807, 2.05) is 0 Å². The maximum absolute atomic E-state index is 3.88. The second-order valence-electron chi connectivity index (χ2n) is 4.71. The van der Waals surface area contributed by atoms with Crippen LogP contribution in [-0.4, -0.2) is 0 Å². The zero-order valence-electron chi connectivity index (χ0n) is 11.6. The maximum Gasteiger partial charge on any atom is 0.0423 e. The van der Waals surface area contributed by atoms with Crippen LogP contribution in [0.25, 0.3) is 0 Å². The first kappa shape index (κ1) is 14.8. The van der Waals surface area contributed by atoms with Gasteiger partial charge < -0.3 is 0 Å². The summed E-state index contributed by atoms with van der Waals surface area (Å²) in [5, 5.41) is 0. The molecule has 1 atom stereocenters. The van der Waals surface area contributed by atoms with Crippen molar-refractivity contribution < 1.29 is 0 Å². The van der Waals surface area contributed by atoms with Gasteiger partial charge in [0.15, 0.2) is 0 Å². The molecule has 0 aliphatic heterocycles. The van der Waals surface area contributed by atoms with Crippen LogP contribution >= 0.6 is 15.9 Å². The average molecular weight is 297 g/mol. The number of alkyl halides is 1. The highest BCUT2D eigenvalue weighted by molar-refractivity contribution is 9.09. The first-order valence-electron chi connectivity index (χ1n) is 6.93. The monoisotopic (exact) mass is 296 g/mol. The van der Waals surface area contributed by atoms with Crippen LogP contribution in [0.4, 0.5) is 0 Å². The third-order valence-electron chi connectivity index (χ3n) is 3.77. The van der Waals surface area contributed by atoms with Gasteiger partial charge in [-0.1, -0.05) is 74.7 Å². The summed E-state index contributed by atoms with van der Waals surface area (Å²) in [6.07, 6.45) is 4.76. The van der Waals surface area contributed by atoms with E-state index < -0.39 is 0 Å². The number of rotatable bonds is 6. The average Bonchev–Trinajstić information content (AvgIpc) is 2.39. The molecule has 0 aliphatic rings. The summed E-state index contributed by atoms with van der Waals surface area (Å²) < 4.78 is 0. The predicted molar refractivity (Wildman–Crippen MR) is 80.9 cm³/mol. The smallest absolute Gasteiger partial charge is 0.0423 e. The van der Waals surface area contributed by atoms with Gasteiger partial charge in [0, 0.05) is 4.83 Å². The largest absolute Gasteiger partial charge is 0.0836 e. The van der Waals surface area contributed by atoms with E-state index in [9.17, 15) is 0 Å². The zero-order valence-corrected chi connectivity index (χ0v) is 13.2. The van der Waals surface area contributed by atoms with Gasteiger partial charge in [-0.25, -0.2) is 0 Å². The van der Waals surface area contributed by atoms with Crippen molar-refractivity contribution in [3.8, 4) is 0 Å². The Labute approximate surface area is 115 Å². The fourth-order valence-electron chi connectivity index (χ4n) is 2.47. The lowest BCUT2D eigenvalue weighted by Gasteiger charge is -2.21. The van der Waals surface area contributed by atoms with E-state index in [1.54, 1.807) is 0 Å². The SMILES string of the molecule is CCc1ccc(C(Br)C(CC)CC)cc1CC. The Morgan fingerprint density at radius 2 is 1.53 bits per heavy atom. The van der Waals surface area contributed by atoms with Crippen molar-refractivity contribution in [2.75, 3.05) is 0 Å². The van der Waals surface area contributed by atoms with E-state index in [2.05, 4.69) is 61.8 Å². The van der Waals surface area contributed by atoms with Gasteiger partial charge in [0.2, 0.25) is 0 Å². The minimum absolute atomic E-state index is 0.508. The Kier molecular flexibility index (Phi) is 6.26. The highest BCUT2D eigenvalue weighted by Gasteiger charge is 2.17. The lowest BCUT2D eigenvalue weighted by molar-refractivity contribution is 0.486. The fourth-order valence-corrected chi connectivity index (χ4v) is 3.50. The normalized spacial score (nSPS) is 13.1. The van der Waals surface area contributed by atoms with Crippen molar-refractivity contribution in [1.29, 1.82) is 0 Å². The van der Waals surface area contributed by atoms with Crippen molar-refractivity contribution in [2.24, 2.45) is 5.92 Å². The third kappa shape index (κ3) is 3.58. The van der Waals surface area contributed by atoms with E-state index in [1.165, 1.54) is 29.5 Å². The molecule has 0 aliphatic carbocycles. The molecule has 1 rings (SSSR count). The summed E-state index contributed by atoms with van der Waals surface area (Å²) in [5.74, 6) is 0.743. The van der Waals surface area contributed by atoms with Crippen molar-refractivity contribution in [3.63, 3.8) is 0 Å². The molecule has 1 unspecified atom stereocenters. The molecule has 96 valence electrons. The van der Waals surface area contributed by atoms with Gasteiger partial charge in [-0.3, -0.25) is 0 Å². The number of aryl methyl sites for hydroxylation is 2. The molecule has 0 bridgehead atoms. The molecule has 0 spiro atoms. The highest BCUT2D eigenvalue weighted by atomic mass is 79.9. The maximum atomic E-state index is 3.88. The molecule has 0 saturated heterocycles. The minimum Gasteiger partial charge on any atom is -0.0836 e. The topological polar surface area (TPSA) is 0 Å². The van der Waals surface area contributed by atoms with Crippen molar-refractivity contribution in [2.45, 2.75) is 58.2 Å². The van der Waals surface area contributed by atoms with E-state index in [4.69, 9.17) is 0 Å². The summed E-state index contributed by atoms with van der Waals surface area (Å²) in [5.41, 5.74) is 4.47. The zero-order chi connectivity index (χ0) is 12.8. The Morgan fingerprint density at radius 3 is 2.00 bits per heavy atom. The van der Waals surface area contributed by atoms with Crippen LogP contribution in [0, 0.1) is 5.92 Å². The van der Waals surface area contributed by atoms with Crippen molar-refractivity contribution >= 4 is 15.9 Å². The molecule has 0 aromatic heterocycles. The number of hydrogen-bond donors (Lipinski definition) is 0. The summed E-state index contributed by atoms with van der Waals surface area (Å²) in [4.78, 5) is 0.508. The summed E-state index contributed by atoms with van der Waals surface area (Å²) in [7, 11) is 0. The minimum atomic E-state index is 0.508. The van der Waals surface area contributed by atoms with Gasteiger partial charge in [0.25, 0.3) is 0 Å². The third-order valence-corrected chi connectivity index (χ3v) is 5.05. The molecule has 0 heterocycles. The van der Waals surface area contributed by atoms with Gasteiger partial charge in [0.1, 0.15) is 0 Å². The molecule has 0 N–H and O–H groups in total. The molecule has 1 aromatic carbocycles. The number of benzene rings is 1. The summed E-state index contributed by atoms with van der Waals surface area (Å²) in [6.45, 7) is 9.05. The Hall–Kier alpha value is -0.300. The Morgan fingerprint density at radius 1 is 0.941 bits per heavy atom. The van der Waals surface area contributed by atoms with Crippen LogP contribution in [0.2, 0.25) is 0 Å². The number of halogens is 1. The van der Waals surface area contributed by atoms with Gasteiger partial charge in [-0.05, 0) is 35.4 Å². The Balaban J connectivity index is 2.98. The molecule has 0 nitrogen and oxygen atoms in total. The van der Waals surface area contributed by atoms with Crippen LogP contribution in [-0.2, 0) is 12.8 Å². The molecule has 0 fully saturated rings. The summed E-state index contributed by atoms with van der Waals surface area (Å²) in [6, 6.07) is 7.01. The van der Waals surface area contributed by atoms with E-state index in [0.29, 0.717) is 4.83 Å². The Bertz CT molecular complexity index is 339. The van der Waals surface area contributed by atoms with Crippen LogP contribution in [0.1, 0.15) is 62.1 Å². The van der Waals surface area contributed by atoms with E-state index in [0.717, 1.165) is 18.8 Å². The van der Waals surface area contributed by atoms with Crippen molar-refractivity contribution in [1.82, 2.24) is 0 Å². The molecule has 0 amide bonds. The van der Waals surface area contributed by atoms with Gasteiger partial charge >= 0.3 is 0 Å². The van der Waals surface area contributed by atoms with Crippen LogP contribution in [0.15, 0.2) is 18.2 Å². The molecule has 1 heteroatoms. The van der Waals surface area contributed by atoms with Crippen LogP contribution in [0.5, 0.6) is 0 Å². The second-order valence-corrected chi connectivity index (χ2v) is 5.70. The molecule has 0 radical (unpaired) electrons. The molecule has 1 aromatic rings. The molecule has 0 saturated carbocycles. The van der Waals surface area contributed by atoms with Gasteiger partial charge in [0.05, 0.1) is 0 Å². The number of hydrogen-bond acceptors (Lipinski definition) is 0. The van der Waals surface area contributed by atoms with Gasteiger partial charge in [-0.2, -0.15) is 0 Å². The van der Waals surface area contributed by atoms with E-state index >= 15 is 0 Å². The summed E-state index contributed by atoms with van der Waals surface area (Å²) >= 11 is 3.88. The lowest BCUT2D eigenvalue weighted by atomic mass is 9.91. The molecular formula is C16H25Br. The van der Waals surface area contributed by atoms with Crippen LogP contribution in [0.3, 0.4) is 0 Å². The highest BCUT2D eigenvalue weighted by Crippen LogP contribution is 2.35. The van der Waals surface area contributed by atoms with Crippen molar-refractivity contribution in [3.05, 3.63) is 34.9 Å². The van der Waals surface area contributed by atoms with Crippen LogP contribution < -0.4 is 0 Å².